The predicted octanol–water partition coefficient (Wildman–Crippen LogP) is 2.86. The quantitative estimate of drug-likeness (QED) is 0.784. The molecule has 114 valence electrons. The van der Waals surface area contributed by atoms with Crippen LogP contribution in [0, 0.1) is 17.8 Å². The molecule has 0 spiro atoms. The Labute approximate surface area is 119 Å². The van der Waals surface area contributed by atoms with E-state index in [0.717, 1.165) is 31.2 Å². The van der Waals surface area contributed by atoms with E-state index >= 15 is 0 Å². The third-order valence-corrected chi connectivity index (χ3v) is 5.31. The Hall–Kier alpha value is -0.0900. The molecule has 0 radical (unpaired) electrons. The topological polar surface area (TPSA) is 46.2 Å². The van der Waals surface area contributed by atoms with Crippen molar-refractivity contribution in [1.29, 1.82) is 0 Å². The van der Waals surface area contributed by atoms with Crippen LogP contribution < -0.4 is 5.32 Å². The van der Waals surface area contributed by atoms with E-state index in [2.05, 4.69) is 26.1 Å². The Kier molecular flexibility index (Phi) is 6.81. The van der Waals surface area contributed by atoms with Gasteiger partial charge >= 0.3 is 0 Å². The van der Waals surface area contributed by atoms with Gasteiger partial charge in [0.15, 0.2) is 0 Å². The van der Waals surface area contributed by atoms with Crippen molar-refractivity contribution in [2.75, 3.05) is 18.6 Å². The van der Waals surface area contributed by atoms with E-state index in [9.17, 15) is 8.42 Å². The van der Waals surface area contributed by atoms with Gasteiger partial charge in [-0.25, -0.2) is 8.42 Å². The van der Waals surface area contributed by atoms with E-state index in [4.69, 9.17) is 0 Å². The second-order valence-corrected chi connectivity index (χ2v) is 9.03. The molecule has 3 atom stereocenters. The van der Waals surface area contributed by atoms with Crippen LogP contribution in [0.1, 0.15) is 52.9 Å². The lowest BCUT2D eigenvalue weighted by atomic mass is 9.73. The van der Waals surface area contributed by atoms with Crippen LogP contribution in [0.4, 0.5) is 0 Å². The maximum Gasteiger partial charge on any atom is 0.147 e. The Morgan fingerprint density at radius 1 is 1.21 bits per heavy atom. The molecule has 0 saturated heterocycles. The molecular formula is C15H31NO2S. The van der Waals surface area contributed by atoms with Crippen molar-refractivity contribution >= 4 is 9.84 Å². The van der Waals surface area contributed by atoms with Crippen LogP contribution in [0.5, 0.6) is 0 Å². The van der Waals surface area contributed by atoms with Crippen molar-refractivity contribution < 1.29 is 8.42 Å². The molecule has 1 N–H and O–H groups in total. The highest BCUT2D eigenvalue weighted by molar-refractivity contribution is 7.90. The van der Waals surface area contributed by atoms with Gasteiger partial charge in [0.2, 0.25) is 0 Å². The molecule has 1 aliphatic rings. The summed E-state index contributed by atoms with van der Waals surface area (Å²) in [6.07, 6.45) is 7.14. The highest BCUT2D eigenvalue weighted by Gasteiger charge is 2.28. The van der Waals surface area contributed by atoms with Gasteiger partial charge in [0, 0.05) is 18.1 Å². The van der Waals surface area contributed by atoms with Crippen LogP contribution in [-0.2, 0) is 9.84 Å². The predicted molar refractivity (Wildman–Crippen MR) is 82.1 cm³/mol. The summed E-state index contributed by atoms with van der Waals surface area (Å²) in [6.45, 7) is 7.79. The fourth-order valence-electron chi connectivity index (χ4n) is 3.18. The normalized spacial score (nSPS) is 28.8. The fourth-order valence-corrected chi connectivity index (χ4v) is 3.87. The van der Waals surface area contributed by atoms with E-state index in [1.165, 1.54) is 25.5 Å². The molecule has 19 heavy (non-hydrogen) atoms. The second-order valence-electron chi connectivity index (χ2n) is 6.77. The van der Waals surface area contributed by atoms with E-state index in [1.54, 1.807) is 0 Å². The van der Waals surface area contributed by atoms with Crippen molar-refractivity contribution in [2.45, 2.75) is 58.9 Å². The van der Waals surface area contributed by atoms with Crippen LogP contribution in [0.25, 0.3) is 0 Å². The summed E-state index contributed by atoms with van der Waals surface area (Å²) in [7, 11) is -2.80. The van der Waals surface area contributed by atoms with E-state index < -0.39 is 9.84 Å². The lowest BCUT2D eigenvalue weighted by Crippen LogP contribution is -2.35. The Balaban J connectivity index is 2.43. The third kappa shape index (κ3) is 7.31. The molecule has 0 aromatic rings. The number of rotatable bonds is 7. The molecule has 1 aliphatic carbocycles. The summed E-state index contributed by atoms with van der Waals surface area (Å²) < 4.78 is 22.4. The van der Waals surface area contributed by atoms with Gasteiger partial charge < -0.3 is 5.32 Å². The fraction of sp³-hybridized carbons (Fsp3) is 1.00. The van der Waals surface area contributed by atoms with Crippen molar-refractivity contribution in [3.05, 3.63) is 0 Å². The summed E-state index contributed by atoms with van der Waals surface area (Å²) in [5.41, 5.74) is 0. The summed E-state index contributed by atoms with van der Waals surface area (Å²) >= 11 is 0. The van der Waals surface area contributed by atoms with Gasteiger partial charge in [-0.15, -0.1) is 0 Å². The Morgan fingerprint density at radius 3 is 2.47 bits per heavy atom. The molecule has 0 amide bonds. The van der Waals surface area contributed by atoms with Gasteiger partial charge in [-0.2, -0.15) is 0 Å². The van der Waals surface area contributed by atoms with Crippen LogP contribution in [0.15, 0.2) is 0 Å². The standard InChI is InChI=1S/C15H31NO2S/c1-12(2)16-11-15-8-7-13(3)10-14(15)6-5-9-19(4,17)18/h12-16H,5-11H2,1-4H3. The third-order valence-electron chi connectivity index (χ3n) is 4.28. The van der Waals surface area contributed by atoms with Gasteiger partial charge in [-0.05, 0) is 50.0 Å². The molecule has 1 rings (SSSR count). The lowest BCUT2D eigenvalue weighted by molar-refractivity contribution is 0.171. The van der Waals surface area contributed by atoms with Gasteiger partial charge in [-0.1, -0.05) is 27.2 Å². The maximum absolute atomic E-state index is 11.2. The number of hydrogen-bond acceptors (Lipinski definition) is 3. The number of nitrogens with one attached hydrogen (secondary N) is 1. The summed E-state index contributed by atoms with van der Waals surface area (Å²) in [5, 5.41) is 3.55. The molecule has 0 heterocycles. The first kappa shape index (κ1) is 17.0. The van der Waals surface area contributed by atoms with Gasteiger partial charge in [-0.3, -0.25) is 0 Å². The summed E-state index contributed by atoms with van der Waals surface area (Å²) in [5.74, 6) is 2.59. The highest BCUT2D eigenvalue weighted by Crippen LogP contribution is 2.36. The van der Waals surface area contributed by atoms with Crippen molar-refractivity contribution in [1.82, 2.24) is 5.32 Å². The first-order valence-electron chi connectivity index (χ1n) is 7.69. The van der Waals surface area contributed by atoms with E-state index in [0.29, 0.717) is 17.7 Å². The van der Waals surface area contributed by atoms with E-state index in [1.807, 2.05) is 0 Å². The first-order valence-corrected chi connectivity index (χ1v) is 9.75. The average Bonchev–Trinajstić information content (AvgIpc) is 2.26. The molecule has 1 fully saturated rings. The molecular weight excluding hydrogens is 258 g/mol. The van der Waals surface area contributed by atoms with Gasteiger partial charge in [0.1, 0.15) is 9.84 Å². The lowest BCUT2D eigenvalue weighted by Gasteiger charge is -2.35. The van der Waals surface area contributed by atoms with Crippen LogP contribution in [0.2, 0.25) is 0 Å². The van der Waals surface area contributed by atoms with E-state index in [-0.39, 0.29) is 0 Å². The average molecular weight is 289 g/mol. The molecule has 3 nitrogen and oxygen atoms in total. The molecule has 0 bridgehead atoms. The smallest absolute Gasteiger partial charge is 0.147 e. The van der Waals surface area contributed by atoms with Gasteiger partial charge in [0.25, 0.3) is 0 Å². The largest absolute Gasteiger partial charge is 0.314 e. The van der Waals surface area contributed by atoms with Crippen LogP contribution in [0.3, 0.4) is 0 Å². The molecule has 0 aromatic heterocycles. The molecule has 0 aliphatic heterocycles. The zero-order chi connectivity index (χ0) is 14.5. The second kappa shape index (κ2) is 7.63. The van der Waals surface area contributed by atoms with Crippen LogP contribution in [-0.4, -0.2) is 33.0 Å². The van der Waals surface area contributed by atoms with Crippen molar-refractivity contribution in [3.63, 3.8) is 0 Å². The number of hydrogen-bond donors (Lipinski definition) is 1. The molecule has 4 heteroatoms. The minimum atomic E-state index is -2.80. The summed E-state index contributed by atoms with van der Waals surface area (Å²) in [4.78, 5) is 0. The first-order chi connectivity index (χ1) is 8.78. The molecule has 3 unspecified atom stereocenters. The molecule has 0 aromatic carbocycles. The molecule has 1 saturated carbocycles. The summed E-state index contributed by atoms with van der Waals surface area (Å²) in [6, 6.07) is 0.538. The van der Waals surface area contributed by atoms with Crippen LogP contribution >= 0.6 is 0 Å². The maximum atomic E-state index is 11.2. The highest BCUT2D eigenvalue weighted by atomic mass is 32.2. The van der Waals surface area contributed by atoms with Crippen molar-refractivity contribution in [2.24, 2.45) is 17.8 Å². The zero-order valence-corrected chi connectivity index (χ0v) is 13.8. The van der Waals surface area contributed by atoms with Crippen molar-refractivity contribution in [3.8, 4) is 0 Å². The zero-order valence-electron chi connectivity index (χ0n) is 13.0. The monoisotopic (exact) mass is 289 g/mol. The minimum absolute atomic E-state index is 0.349. The SMILES string of the molecule is CC1CCC(CNC(C)C)C(CCCS(C)(=O)=O)C1. The van der Waals surface area contributed by atoms with Gasteiger partial charge in [0.05, 0.1) is 0 Å². The Bertz CT molecular complexity index is 351. The number of sulfone groups is 1. The minimum Gasteiger partial charge on any atom is -0.314 e. The Morgan fingerprint density at radius 2 is 1.89 bits per heavy atom.